The number of benzene rings is 1. The Morgan fingerprint density at radius 1 is 1.31 bits per heavy atom. The fourth-order valence-corrected chi connectivity index (χ4v) is 2.40. The predicted molar refractivity (Wildman–Crippen MR) is 66.5 cm³/mol. The van der Waals surface area contributed by atoms with Gasteiger partial charge in [0, 0.05) is 5.56 Å². The van der Waals surface area contributed by atoms with Gasteiger partial charge in [0.25, 0.3) is 0 Å². The van der Waals surface area contributed by atoms with E-state index in [4.69, 9.17) is 10.6 Å². The zero-order valence-electron chi connectivity index (χ0n) is 9.01. The van der Waals surface area contributed by atoms with E-state index in [0.717, 1.165) is 16.9 Å². The van der Waals surface area contributed by atoms with Crippen LogP contribution in [0.1, 0.15) is 17.2 Å². The Hall–Kier alpha value is -1.36. The minimum Gasteiger partial charge on any atom is -0.496 e. The lowest BCUT2D eigenvalue weighted by molar-refractivity contribution is 0.404. The average molecular weight is 234 g/mol. The van der Waals surface area contributed by atoms with Gasteiger partial charge < -0.3 is 4.74 Å². The summed E-state index contributed by atoms with van der Waals surface area (Å²) in [5.74, 6) is 6.46. The third kappa shape index (κ3) is 2.09. The molecule has 2 aromatic rings. The number of hydrogen-bond acceptors (Lipinski definition) is 4. The molecular weight excluding hydrogens is 220 g/mol. The summed E-state index contributed by atoms with van der Waals surface area (Å²) in [5, 5.41) is 4.12. The molecule has 4 heteroatoms. The molecule has 0 radical (unpaired) electrons. The maximum Gasteiger partial charge on any atom is 0.124 e. The van der Waals surface area contributed by atoms with Gasteiger partial charge in [-0.1, -0.05) is 18.2 Å². The third-order valence-electron chi connectivity index (χ3n) is 2.49. The summed E-state index contributed by atoms with van der Waals surface area (Å²) >= 11 is 1.66. The van der Waals surface area contributed by atoms with E-state index in [2.05, 4.69) is 16.9 Å². The fourth-order valence-electron chi connectivity index (χ4n) is 1.71. The number of methoxy groups -OCH3 is 1. The van der Waals surface area contributed by atoms with Crippen LogP contribution in [0.4, 0.5) is 0 Å². The molecule has 0 aliphatic heterocycles. The zero-order valence-corrected chi connectivity index (χ0v) is 9.83. The SMILES string of the molecule is COc1ccccc1C(NN)c1ccsc1. The van der Waals surface area contributed by atoms with Crippen molar-refractivity contribution in [2.45, 2.75) is 6.04 Å². The normalized spacial score (nSPS) is 12.4. The highest BCUT2D eigenvalue weighted by molar-refractivity contribution is 7.08. The number of thiophene rings is 1. The molecule has 0 bridgehead atoms. The Kier molecular flexibility index (Phi) is 3.56. The van der Waals surface area contributed by atoms with Crippen LogP contribution in [0.15, 0.2) is 41.1 Å². The molecule has 84 valence electrons. The predicted octanol–water partition coefficient (Wildman–Crippen LogP) is 2.31. The molecule has 1 aromatic heterocycles. The molecule has 16 heavy (non-hydrogen) atoms. The highest BCUT2D eigenvalue weighted by atomic mass is 32.1. The smallest absolute Gasteiger partial charge is 0.124 e. The van der Waals surface area contributed by atoms with Crippen LogP contribution >= 0.6 is 11.3 Å². The summed E-state index contributed by atoms with van der Waals surface area (Å²) in [6.07, 6.45) is 0. The number of nitrogens with one attached hydrogen (secondary N) is 1. The fraction of sp³-hybridized carbons (Fsp3) is 0.167. The standard InChI is InChI=1S/C12H14N2OS/c1-15-11-5-3-2-4-10(11)12(14-13)9-6-7-16-8-9/h2-8,12,14H,13H2,1H3. The minimum absolute atomic E-state index is 0.0256. The Labute approximate surface area is 98.8 Å². The van der Waals surface area contributed by atoms with Gasteiger partial charge in [-0.3, -0.25) is 5.84 Å². The van der Waals surface area contributed by atoms with Gasteiger partial charge in [0.15, 0.2) is 0 Å². The average Bonchev–Trinajstić information content (AvgIpc) is 2.84. The largest absolute Gasteiger partial charge is 0.496 e. The Morgan fingerprint density at radius 3 is 2.75 bits per heavy atom. The highest BCUT2D eigenvalue weighted by Crippen LogP contribution is 2.30. The molecule has 3 nitrogen and oxygen atoms in total. The van der Waals surface area contributed by atoms with Gasteiger partial charge in [-0.15, -0.1) is 0 Å². The van der Waals surface area contributed by atoms with E-state index in [1.165, 1.54) is 0 Å². The molecule has 1 aromatic carbocycles. The van der Waals surface area contributed by atoms with Gasteiger partial charge >= 0.3 is 0 Å². The number of hydrazine groups is 1. The molecule has 0 fully saturated rings. The first-order chi connectivity index (χ1) is 7.86. The van der Waals surface area contributed by atoms with Crippen molar-refractivity contribution in [2.24, 2.45) is 5.84 Å². The molecule has 1 atom stereocenters. The lowest BCUT2D eigenvalue weighted by Crippen LogP contribution is -2.28. The van der Waals surface area contributed by atoms with Gasteiger partial charge in [-0.05, 0) is 28.5 Å². The van der Waals surface area contributed by atoms with Gasteiger partial charge in [-0.25, -0.2) is 5.43 Å². The van der Waals surface area contributed by atoms with Crippen molar-refractivity contribution in [1.82, 2.24) is 5.43 Å². The Bertz CT molecular complexity index is 442. The van der Waals surface area contributed by atoms with Gasteiger partial charge in [0.1, 0.15) is 5.75 Å². The summed E-state index contributed by atoms with van der Waals surface area (Å²) in [4.78, 5) is 0. The van der Waals surface area contributed by atoms with Crippen LogP contribution < -0.4 is 16.0 Å². The first-order valence-corrected chi connectivity index (χ1v) is 5.92. The maximum atomic E-state index is 5.62. The van der Waals surface area contributed by atoms with Crippen molar-refractivity contribution >= 4 is 11.3 Å². The summed E-state index contributed by atoms with van der Waals surface area (Å²) in [6.45, 7) is 0. The molecule has 3 N–H and O–H groups in total. The van der Waals surface area contributed by atoms with Crippen LogP contribution in [0, 0.1) is 0 Å². The number of rotatable bonds is 4. The summed E-state index contributed by atoms with van der Waals surface area (Å²) in [6, 6.07) is 9.91. The second-order valence-electron chi connectivity index (χ2n) is 3.40. The Morgan fingerprint density at radius 2 is 2.12 bits per heavy atom. The number of nitrogens with two attached hydrogens (primary N) is 1. The molecule has 0 saturated carbocycles. The van der Waals surface area contributed by atoms with E-state index in [-0.39, 0.29) is 6.04 Å². The zero-order chi connectivity index (χ0) is 11.4. The van der Waals surface area contributed by atoms with Crippen molar-refractivity contribution in [2.75, 3.05) is 7.11 Å². The molecule has 0 spiro atoms. The van der Waals surface area contributed by atoms with Crippen LogP contribution in [-0.4, -0.2) is 7.11 Å². The molecule has 0 aliphatic rings. The topological polar surface area (TPSA) is 47.3 Å². The molecule has 2 rings (SSSR count). The van der Waals surface area contributed by atoms with Crippen LogP contribution in [0.2, 0.25) is 0 Å². The van der Waals surface area contributed by atoms with Crippen molar-refractivity contribution in [3.63, 3.8) is 0 Å². The van der Waals surface area contributed by atoms with Crippen LogP contribution in [0.5, 0.6) is 5.75 Å². The van der Waals surface area contributed by atoms with Crippen molar-refractivity contribution in [3.05, 3.63) is 52.2 Å². The summed E-state index contributed by atoms with van der Waals surface area (Å²) < 4.78 is 5.33. The number of ether oxygens (including phenoxy) is 1. The van der Waals surface area contributed by atoms with Gasteiger partial charge in [0.05, 0.1) is 13.2 Å². The Balaban J connectivity index is 2.41. The molecular formula is C12H14N2OS. The first-order valence-electron chi connectivity index (χ1n) is 4.98. The second-order valence-corrected chi connectivity index (χ2v) is 4.18. The van der Waals surface area contributed by atoms with E-state index in [1.54, 1.807) is 18.4 Å². The third-order valence-corrected chi connectivity index (χ3v) is 3.19. The van der Waals surface area contributed by atoms with Crippen LogP contribution in [-0.2, 0) is 0 Å². The van der Waals surface area contributed by atoms with E-state index >= 15 is 0 Å². The maximum absolute atomic E-state index is 5.62. The molecule has 0 aliphatic carbocycles. The lowest BCUT2D eigenvalue weighted by Gasteiger charge is -2.17. The number of para-hydroxylation sites is 1. The van der Waals surface area contributed by atoms with E-state index in [1.807, 2.05) is 29.6 Å². The first kappa shape index (κ1) is 11.1. The molecule has 0 amide bonds. The minimum atomic E-state index is -0.0256. The van der Waals surface area contributed by atoms with Gasteiger partial charge in [0.2, 0.25) is 0 Å². The number of hydrogen-bond donors (Lipinski definition) is 2. The molecule has 0 saturated heterocycles. The van der Waals surface area contributed by atoms with Crippen molar-refractivity contribution < 1.29 is 4.74 Å². The van der Waals surface area contributed by atoms with E-state index in [9.17, 15) is 0 Å². The monoisotopic (exact) mass is 234 g/mol. The quantitative estimate of drug-likeness (QED) is 0.630. The second kappa shape index (κ2) is 5.12. The van der Waals surface area contributed by atoms with E-state index < -0.39 is 0 Å². The van der Waals surface area contributed by atoms with E-state index in [0.29, 0.717) is 0 Å². The highest BCUT2D eigenvalue weighted by Gasteiger charge is 2.16. The molecule has 1 unspecified atom stereocenters. The summed E-state index contributed by atoms with van der Waals surface area (Å²) in [7, 11) is 1.67. The van der Waals surface area contributed by atoms with Gasteiger partial charge in [-0.2, -0.15) is 11.3 Å². The lowest BCUT2D eigenvalue weighted by atomic mass is 10.0. The van der Waals surface area contributed by atoms with Crippen molar-refractivity contribution in [3.8, 4) is 5.75 Å². The summed E-state index contributed by atoms with van der Waals surface area (Å²) in [5.41, 5.74) is 5.02. The van der Waals surface area contributed by atoms with Crippen molar-refractivity contribution in [1.29, 1.82) is 0 Å². The molecule has 1 heterocycles. The van der Waals surface area contributed by atoms with Crippen LogP contribution in [0.25, 0.3) is 0 Å². The van der Waals surface area contributed by atoms with Crippen LogP contribution in [0.3, 0.4) is 0 Å².